The molecule has 14 heteroatoms. The Bertz CT molecular complexity index is 2150. The maximum absolute atomic E-state index is 13.7. The number of nitrogens with zero attached hydrogens (tertiary/aromatic N) is 1. The maximum Gasteiger partial charge on any atom is 0.446 e. The molecule has 1 aliphatic rings. The third kappa shape index (κ3) is 4.41. The van der Waals surface area contributed by atoms with Crippen LogP contribution in [0.3, 0.4) is 0 Å². The predicted octanol–water partition coefficient (Wildman–Crippen LogP) is 4.57. The van der Waals surface area contributed by atoms with Gasteiger partial charge in [-0.15, -0.1) is 0 Å². The number of aryl methyl sites for hydroxylation is 1. The van der Waals surface area contributed by atoms with Gasteiger partial charge in [0.25, 0.3) is 0 Å². The molecule has 5 aromatic rings. The molecule has 44 heavy (non-hydrogen) atoms. The van der Waals surface area contributed by atoms with Crippen molar-refractivity contribution in [2.24, 2.45) is 0 Å². The fraction of sp³-hybridized carbons (Fsp3) is 0.233. The standard InChI is InChI=1S/C30H27NO12S/c1-37-20-10-14(6-7-18(20)32)24-25-17-12-21(38-2)22(43-44(34,35)36)13-19(17)42-30(33)27(25)31-9-8-15-16(26(24)31)11-23(39-3)29(41-5)28(15)40-4/h6-7,10-13,32H,8-9H2,1-5H3,(H,34,35,36). The largest absolute Gasteiger partial charge is 0.504 e. The summed E-state index contributed by atoms with van der Waals surface area (Å²) in [4.78, 5) is 13.7. The molecule has 0 unspecified atom stereocenters. The average molecular weight is 626 g/mol. The summed E-state index contributed by atoms with van der Waals surface area (Å²) >= 11 is 0. The fourth-order valence-electron chi connectivity index (χ4n) is 5.92. The van der Waals surface area contributed by atoms with E-state index < -0.39 is 16.0 Å². The number of methoxy groups -OCH3 is 5. The molecule has 2 N–H and O–H groups in total. The van der Waals surface area contributed by atoms with Crippen molar-refractivity contribution < 1.29 is 50.4 Å². The molecule has 1 aliphatic heterocycles. The van der Waals surface area contributed by atoms with E-state index in [2.05, 4.69) is 0 Å². The van der Waals surface area contributed by atoms with E-state index in [0.29, 0.717) is 63.4 Å². The van der Waals surface area contributed by atoms with Gasteiger partial charge >= 0.3 is 16.0 Å². The molecule has 0 spiro atoms. The molecule has 0 saturated carbocycles. The third-order valence-electron chi connectivity index (χ3n) is 7.63. The summed E-state index contributed by atoms with van der Waals surface area (Å²) in [6.07, 6.45) is 0.468. The van der Waals surface area contributed by atoms with Gasteiger partial charge < -0.3 is 42.0 Å². The van der Waals surface area contributed by atoms with E-state index in [1.807, 2.05) is 10.6 Å². The smallest absolute Gasteiger partial charge is 0.446 e. The second-order valence-electron chi connectivity index (χ2n) is 9.81. The average Bonchev–Trinajstić information content (AvgIpc) is 3.35. The van der Waals surface area contributed by atoms with Crippen molar-refractivity contribution in [3.8, 4) is 62.6 Å². The number of benzene rings is 3. The van der Waals surface area contributed by atoms with Crippen molar-refractivity contribution in [2.45, 2.75) is 13.0 Å². The highest BCUT2D eigenvalue weighted by Crippen LogP contribution is 2.53. The van der Waals surface area contributed by atoms with Crippen molar-refractivity contribution in [3.05, 3.63) is 52.4 Å². The topological polar surface area (TPSA) is 165 Å². The number of fused-ring (bicyclic) bond motifs is 7. The molecule has 2 aromatic heterocycles. The summed E-state index contributed by atoms with van der Waals surface area (Å²) in [5, 5.41) is 11.2. The van der Waals surface area contributed by atoms with Gasteiger partial charge in [-0.3, -0.25) is 4.55 Å². The number of ether oxygens (including phenoxy) is 5. The minimum Gasteiger partial charge on any atom is -0.504 e. The van der Waals surface area contributed by atoms with Gasteiger partial charge in [-0.05, 0) is 36.2 Å². The first kappa shape index (κ1) is 29.0. The van der Waals surface area contributed by atoms with Crippen LogP contribution in [0.4, 0.5) is 0 Å². The molecule has 6 rings (SSSR count). The number of hydrogen-bond donors (Lipinski definition) is 2. The van der Waals surface area contributed by atoms with Crippen LogP contribution in [0.15, 0.2) is 45.6 Å². The van der Waals surface area contributed by atoms with Gasteiger partial charge in [0, 0.05) is 40.1 Å². The van der Waals surface area contributed by atoms with Crippen molar-refractivity contribution in [1.29, 1.82) is 0 Å². The highest BCUT2D eigenvalue weighted by molar-refractivity contribution is 7.81. The normalized spacial score (nSPS) is 12.5. The van der Waals surface area contributed by atoms with Crippen LogP contribution in [0, 0.1) is 0 Å². The SMILES string of the molecule is COc1cc(-c2c3n(c4c(=O)oc5cc(OS(=O)(=O)O)c(OC)cc5c24)CCc2c-3cc(OC)c(OC)c2OC)ccc1O. The number of phenols is 1. The molecule has 0 bridgehead atoms. The first-order valence-corrected chi connectivity index (χ1v) is 14.5. The molecule has 0 aliphatic carbocycles. The van der Waals surface area contributed by atoms with Crippen LogP contribution in [0.1, 0.15) is 5.56 Å². The number of aromatic nitrogens is 1. The van der Waals surface area contributed by atoms with Crippen molar-refractivity contribution in [1.82, 2.24) is 4.57 Å². The zero-order chi connectivity index (χ0) is 31.5. The summed E-state index contributed by atoms with van der Waals surface area (Å²) in [7, 11) is 2.36. The monoisotopic (exact) mass is 625 g/mol. The molecular formula is C30H27NO12S. The van der Waals surface area contributed by atoms with Crippen LogP contribution < -0.4 is 33.5 Å². The minimum atomic E-state index is -4.92. The Labute approximate surface area is 250 Å². The number of hydrogen-bond acceptors (Lipinski definition) is 11. The zero-order valence-electron chi connectivity index (χ0n) is 24.2. The Morgan fingerprint density at radius 2 is 1.55 bits per heavy atom. The van der Waals surface area contributed by atoms with Gasteiger partial charge in [-0.1, -0.05) is 6.07 Å². The second kappa shape index (κ2) is 10.6. The van der Waals surface area contributed by atoms with Gasteiger partial charge in [-0.2, -0.15) is 8.42 Å². The highest BCUT2D eigenvalue weighted by Gasteiger charge is 2.33. The Hall–Kier alpha value is -5.08. The van der Waals surface area contributed by atoms with E-state index in [4.69, 9.17) is 32.3 Å². The lowest BCUT2D eigenvalue weighted by molar-refractivity contribution is 0.321. The lowest BCUT2D eigenvalue weighted by atomic mass is 9.91. The minimum absolute atomic E-state index is 0.0259. The van der Waals surface area contributed by atoms with Crippen molar-refractivity contribution >= 4 is 32.3 Å². The number of phenolic OH excluding ortho intramolecular Hbond substituents is 1. The van der Waals surface area contributed by atoms with E-state index in [1.165, 1.54) is 47.7 Å². The lowest BCUT2D eigenvalue weighted by Crippen LogP contribution is -2.16. The molecule has 0 saturated heterocycles. The molecule has 0 fully saturated rings. The molecule has 0 amide bonds. The van der Waals surface area contributed by atoms with E-state index >= 15 is 0 Å². The molecule has 3 heterocycles. The molecule has 0 radical (unpaired) electrons. The first-order chi connectivity index (χ1) is 21.0. The van der Waals surface area contributed by atoms with E-state index in [-0.39, 0.29) is 34.1 Å². The molecule has 13 nitrogen and oxygen atoms in total. The van der Waals surface area contributed by atoms with Crippen molar-refractivity contribution in [3.63, 3.8) is 0 Å². The van der Waals surface area contributed by atoms with Crippen LogP contribution in [0.2, 0.25) is 0 Å². The van der Waals surface area contributed by atoms with Gasteiger partial charge in [0.15, 0.2) is 34.5 Å². The van der Waals surface area contributed by atoms with E-state index in [0.717, 1.165) is 11.6 Å². The second-order valence-corrected chi connectivity index (χ2v) is 10.8. The summed E-state index contributed by atoms with van der Waals surface area (Å²) in [5.41, 5.74) is 2.83. The first-order valence-electron chi connectivity index (χ1n) is 13.1. The molecule has 3 aromatic carbocycles. The van der Waals surface area contributed by atoms with Crippen LogP contribution in [-0.4, -0.2) is 58.2 Å². The van der Waals surface area contributed by atoms with Crippen molar-refractivity contribution in [2.75, 3.05) is 35.5 Å². The molecule has 0 atom stereocenters. The Balaban J connectivity index is 1.83. The highest BCUT2D eigenvalue weighted by atomic mass is 32.3. The van der Waals surface area contributed by atoms with Crippen LogP contribution in [0.5, 0.6) is 40.2 Å². The summed E-state index contributed by atoms with van der Waals surface area (Å²) in [5.74, 6) is 1.00. The number of aromatic hydroxyl groups is 1. The van der Waals surface area contributed by atoms with Crippen LogP contribution in [0.25, 0.3) is 44.3 Å². The molecular weight excluding hydrogens is 598 g/mol. The lowest BCUT2D eigenvalue weighted by Gasteiger charge is -2.25. The molecule has 230 valence electrons. The van der Waals surface area contributed by atoms with E-state index in [1.54, 1.807) is 12.1 Å². The quantitative estimate of drug-likeness (QED) is 0.183. The third-order valence-corrected chi connectivity index (χ3v) is 8.02. The van der Waals surface area contributed by atoms with Gasteiger partial charge in [0.05, 0.1) is 41.2 Å². The Morgan fingerprint density at radius 3 is 2.18 bits per heavy atom. The van der Waals surface area contributed by atoms with Gasteiger partial charge in [0.2, 0.25) is 5.75 Å². The summed E-state index contributed by atoms with van der Waals surface area (Å²) in [6, 6.07) is 9.24. The summed E-state index contributed by atoms with van der Waals surface area (Å²) < 4.78 is 72.5. The predicted molar refractivity (Wildman–Crippen MR) is 159 cm³/mol. The van der Waals surface area contributed by atoms with Gasteiger partial charge in [-0.25, -0.2) is 4.79 Å². The Morgan fingerprint density at radius 1 is 0.841 bits per heavy atom. The summed E-state index contributed by atoms with van der Waals surface area (Å²) in [6.45, 7) is 0.358. The zero-order valence-corrected chi connectivity index (χ0v) is 25.0. The maximum atomic E-state index is 13.7. The van der Waals surface area contributed by atoms with Gasteiger partial charge in [0.1, 0.15) is 11.1 Å². The van der Waals surface area contributed by atoms with Crippen LogP contribution >= 0.6 is 0 Å². The number of rotatable bonds is 8. The van der Waals surface area contributed by atoms with Crippen LogP contribution in [-0.2, 0) is 23.4 Å². The van der Waals surface area contributed by atoms with E-state index in [9.17, 15) is 22.9 Å². The fourth-order valence-corrected chi connectivity index (χ4v) is 6.27. The Kier molecular flexibility index (Phi) is 6.97.